The Labute approximate surface area is 120 Å². The predicted octanol–water partition coefficient (Wildman–Crippen LogP) is 3.99. The van der Waals surface area contributed by atoms with Gasteiger partial charge in [0, 0.05) is 16.2 Å². The molecule has 0 spiro atoms. The minimum Gasteiger partial charge on any atom is -0.439 e. The molecule has 0 aliphatic rings. The number of hydrogen-bond acceptors (Lipinski definition) is 3. The molecule has 1 heterocycles. The van der Waals surface area contributed by atoms with Crippen molar-refractivity contribution in [2.24, 2.45) is 0 Å². The molecule has 18 heavy (non-hydrogen) atoms. The van der Waals surface area contributed by atoms with Gasteiger partial charge in [-0.05, 0) is 36.8 Å². The summed E-state index contributed by atoms with van der Waals surface area (Å²) in [5.41, 5.74) is 2.58. The number of aromatic nitrogens is 1. The number of alkyl halides is 1. The first-order valence-corrected chi connectivity index (χ1v) is 6.96. The summed E-state index contributed by atoms with van der Waals surface area (Å²) in [4.78, 5) is 4.28. The first kappa shape index (κ1) is 12.8. The summed E-state index contributed by atoms with van der Waals surface area (Å²) in [6.45, 7) is 1.92. The molecule has 3 nitrogen and oxygen atoms in total. The van der Waals surface area contributed by atoms with Gasteiger partial charge in [-0.1, -0.05) is 28.7 Å². The van der Waals surface area contributed by atoms with Crippen molar-refractivity contribution in [2.45, 2.75) is 11.4 Å². The van der Waals surface area contributed by atoms with E-state index in [9.17, 15) is 0 Å². The predicted molar refractivity (Wildman–Crippen MR) is 77.9 cm³/mol. The molecule has 0 saturated heterocycles. The van der Waals surface area contributed by atoms with Crippen molar-refractivity contribution in [1.82, 2.24) is 4.98 Å². The van der Waals surface area contributed by atoms with E-state index in [1.165, 1.54) is 0 Å². The zero-order valence-corrected chi connectivity index (χ0v) is 12.0. The second-order valence-corrected chi connectivity index (χ2v) is 4.55. The van der Waals surface area contributed by atoms with E-state index in [0.29, 0.717) is 17.2 Å². The molecule has 1 aromatic carbocycles. The van der Waals surface area contributed by atoms with Crippen LogP contribution in [0.4, 0.5) is 0 Å². The van der Waals surface area contributed by atoms with E-state index in [4.69, 9.17) is 10.00 Å². The lowest BCUT2D eigenvalue weighted by atomic mass is 10.1. The van der Waals surface area contributed by atoms with E-state index in [-0.39, 0.29) is 0 Å². The van der Waals surface area contributed by atoms with Crippen LogP contribution in [-0.4, -0.2) is 4.98 Å². The Bertz CT molecular complexity index is 605. The van der Waals surface area contributed by atoms with Gasteiger partial charge in [0.05, 0.1) is 11.6 Å². The van der Waals surface area contributed by atoms with Gasteiger partial charge in [-0.2, -0.15) is 5.26 Å². The smallest absolute Gasteiger partial charge is 0.219 e. The van der Waals surface area contributed by atoms with Crippen molar-refractivity contribution in [1.29, 1.82) is 5.26 Å². The number of hydrogen-bond donors (Lipinski definition) is 0. The number of nitriles is 1. The Morgan fingerprint density at radius 2 is 2.17 bits per heavy atom. The molecule has 2 aromatic rings. The molecule has 90 valence electrons. The lowest BCUT2D eigenvalue weighted by Gasteiger charge is -2.07. The fourth-order valence-corrected chi connectivity index (χ4v) is 2.18. The van der Waals surface area contributed by atoms with Gasteiger partial charge in [0.1, 0.15) is 5.75 Å². The molecule has 0 aliphatic carbocycles. The van der Waals surface area contributed by atoms with Crippen molar-refractivity contribution < 1.29 is 4.74 Å². The van der Waals surface area contributed by atoms with Crippen molar-refractivity contribution in [3.8, 4) is 17.7 Å². The van der Waals surface area contributed by atoms with Crippen LogP contribution in [0, 0.1) is 18.3 Å². The maximum Gasteiger partial charge on any atom is 0.219 e. The molecule has 4 heteroatoms. The number of benzene rings is 1. The quantitative estimate of drug-likeness (QED) is 0.621. The summed E-state index contributed by atoms with van der Waals surface area (Å²) in [6, 6.07) is 13.3. The van der Waals surface area contributed by atoms with Crippen LogP contribution in [0.3, 0.4) is 0 Å². The molecule has 0 fully saturated rings. The lowest BCUT2D eigenvalue weighted by molar-refractivity contribution is 0.461. The Morgan fingerprint density at radius 1 is 1.33 bits per heavy atom. The van der Waals surface area contributed by atoms with Crippen LogP contribution in [0.2, 0.25) is 0 Å². The van der Waals surface area contributed by atoms with E-state index in [1.54, 1.807) is 12.1 Å². The summed E-state index contributed by atoms with van der Waals surface area (Å²) in [6.07, 6.45) is 0. The number of pyridine rings is 1. The van der Waals surface area contributed by atoms with Gasteiger partial charge >= 0.3 is 0 Å². The fraction of sp³-hybridized carbons (Fsp3) is 0.143. The van der Waals surface area contributed by atoms with Crippen LogP contribution < -0.4 is 4.74 Å². The van der Waals surface area contributed by atoms with Gasteiger partial charge in [0.25, 0.3) is 0 Å². The maximum atomic E-state index is 8.96. The number of aryl methyl sites for hydroxylation is 1. The normalized spacial score (nSPS) is 9.83. The molecule has 0 amide bonds. The van der Waals surface area contributed by atoms with Gasteiger partial charge in [-0.3, -0.25) is 0 Å². The third-order valence-corrected chi connectivity index (χ3v) is 3.25. The molecule has 1 aromatic heterocycles. The maximum absolute atomic E-state index is 8.96. The van der Waals surface area contributed by atoms with Crippen LogP contribution >= 0.6 is 22.6 Å². The second kappa shape index (κ2) is 5.83. The van der Waals surface area contributed by atoms with Crippen LogP contribution in [0.15, 0.2) is 36.4 Å². The van der Waals surface area contributed by atoms with Crippen LogP contribution in [0.1, 0.15) is 16.8 Å². The molecule has 0 bridgehead atoms. The van der Waals surface area contributed by atoms with Gasteiger partial charge in [0.2, 0.25) is 5.88 Å². The summed E-state index contributed by atoms with van der Waals surface area (Å²) < 4.78 is 6.45. The van der Waals surface area contributed by atoms with Crippen LogP contribution in [-0.2, 0) is 4.43 Å². The first-order valence-electron chi connectivity index (χ1n) is 5.43. The molecule has 0 unspecified atom stereocenters. The van der Waals surface area contributed by atoms with E-state index in [0.717, 1.165) is 15.7 Å². The molecule has 0 aliphatic heterocycles. The second-order valence-electron chi connectivity index (χ2n) is 3.78. The molecule has 0 saturated carbocycles. The van der Waals surface area contributed by atoms with Gasteiger partial charge < -0.3 is 4.74 Å². The molecule has 0 atom stereocenters. The van der Waals surface area contributed by atoms with Crippen molar-refractivity contribution in [3.05, 3.63) is 53.2 Å². The molecular formula is C14H11IN2O. The van der Waals surface area contributed by atoms with E-state index in [1.807, 2.05) is 31.2 Å². The topological polar surface area (TPSA) is 45.9 Å². The Kier molecular flexibility index (Phi) is 4.15. The molecule has 2 rings (SSSR count). The summed E-state index contributed by atoms with van der Waals surface area (Å²) in [5, 5.41) is 8.96. The average molecular weight is 350 g/mol. The van der Waals surface area contributed by atoms with E-state index in [2.05, 4.69) is 33.6 Å². The zero-order valence-electron chi connectivity index (χ0n) is 9.85. The van der Waals surface area contributed by atoms with E-state index >= 15 is 0 Å². The number of rotatable bonds is 3. The minimum absolute atomic E-state index is 0.569. The van der Waals surface area contributed by atoms with Gasteiger partial charge in [0.15, 0.2) is 0 Å². The van der Waals surface area contributed by atoms with Crippen LogP contribution in [0.25, 0.3) is 0 Å². The minimum atomic E-state index is 0.569. The summed E-state index contributed by atoms with van der Waals surface area (Å²) in [7, 11) is 0. The zero-order chi connectivity index (χ0) is 13.0. The van der Waals surface area contributed by atoms with Crippen molar-refractivity contribution in [2.75, 3.05) is 0 Å². The Morgan fingerprint density at radius 3 is 2.83 bits per heavy atom. The van der Waals surface area contributed by atoms with Gasteiger partial charge in [-0.15, -0.1) is 0 Å². The first-order chi connectivity index (χ1) is 8.72. The number of nitrogens with zero attached hydrogens (tertiary/aromatic N) is 2. The van der Waals surface area contributed by atoms with Crippen LogP contribution in [0.5, 0.6) is 11.6 Å². The summed E-state index contributed by atoms with van der Waals surface area (Å²) in [5.74, 6) is 1.28. The third kappa shape index (κ3) is 2.99. The highest BCUT2D eigenvalue weighted by Crippen LogP contribution is 2.24. The average Bonchev–Trinajstić information content (AvgIpc) is 2.38. The highest BCUT2D eigenvalue weighted by atomic mass is 127. The molecule has 0 radical (unpaired) electrons. The highest BCUT2D eigenvalue weighted by Gasteiger charge is 2.04. The number of ether oxygens (including phenoxy) is 1. The standard InChI is InChI=1S/C14H11IN2O/c1-10-3-2-4-14(17-10)18-13-6-5-11(9-16)12(7-13)8-15/h2-7H,8H2,1H3. The Balaban J connectivity index is 2.28. The molecular weight excluding hydrogens is 339 g/mol. The third-order valence-electron chi connectivity index (χ3n) is 2.43. The van der Waals surface area contributed by atoms with E-state index < -0.39 is 0 Å². The SMILES string of the molecule is Cc1cccc(Oc2ccc(C#N)c(CI)c2)n1. The lowest BCUT2D eigenvalue weighted by Crippen LogP contribution is -1.92. The monoisotopic (exact) mass is 350 g/mol. The summed E-state index contributed by atoms with van der Waals surface area (Å²) >= 11 is 2.23. The van der Waals surface area contributed by atoms with Crippen molar-refractivity contribution in [3.63, 3.8) is 0 Å². The molecule has 0 N–H and O–H groups in total. The van der Waals surface area contributed by atoms with Crippen molar-refractivity contribution >= 4 is 22.6 Å². The highest BCUT2D eigenvalue weighted by molar-refractivity contribution is 14.1. The Hall–Kier alpha value is -1.61. The fourth-order valence-electron chi connectivity index (χ4n) is 1.55. The largest absolute Gasteiger partial charge is 0.439 e. The number of halogens is 1. The van der Waals surface area contributed by atoms with Gasteiger partial charge in [-0.25, -0.2) is 4.98 Å².